The van der Waals surface area contributed by atoms with Crippen LogP contribution in [0.25, 0.3) is 0 Å². The second kappa shape index (κ2) is 2.65. The van der Waals surface area contributed by atoms with E-state index in [-0.39, 0.29) is 0 Å². The van der Waals surface area contributed by atoms with Crippen molar-refractivity contribution in [2.75, 3.05) is 13.1 Å². The van der Waals surface area contributed by atoms with E-state index in [9.17, 15) is 0 Å². The van der Waals surface area contributed by atoms with Crippen LogP contribution in [0.2, 0.25) is 0 Å². The number of nitrogens with zero attached hydrogens (tertiary/aromatic N) is 2. The Kier molecular flexibility index (Phi) is 1.62. The smallest absolute Gasteiger partial charge is 0.194 e. The second-order valence-electron chi connectivity index (χ2n) is 5.36. The van der Waals surface area contributed by atoms with Crippen LogP contribution < -0.4 is 5.32 Å². The zero-order valence-corrected chi connectivity index (χ0v) is 9.08. The Morgan fingerprint density at radius 3 is 3.00 bits per heavy atom. The van der Waals surface area contributed by atoms with Gasteiger partial charge in [0.2, 0.25) is 0 Å². The number of hydrogen-bond donors (Lipinski definition) is 1. The minimum atomic E-state index is 0.580. The lowest BCUT2D eigenvalue weighted by Gasteiger charge is -2.36. The molecule has 0 amide bonds. The monoisotopic (exact) mass is 193 g/mol. The number of guanidine groups is 1. The van der Waals surface area contributed by atoms with Crippen LogP contribution in [0.15, 0.2) is 4.99 Å². The molecule has 78 valence electrons. The van der Waals surface area contributed by atoms with Crippen LogP contribution in [0.3, 0.4) is 0 Å². The van der Waals surface area contributed by atoms with Gasteiger partial charge < -0.3 is 10.2 Å². The van der Waals surface area contributed by atoms with Crippen molar-refractivity contribution in [1.29, 1.82) is 0 Å². The minimum absolute atomic E-state index is 0.580. The molecule has 3 nitrogen and oxygen atoms in total. The summed E-state index contributed by atoms with van der Waals surface area (Å²) < 4.78 is 0. The fourth-order valence-electron chi connectivity index (χ4n) is 2.85. The summed E-state index contributed by atoms with van der Waals surface area (Å²) in [6, 6.07) is 1.34. The number of rotatable bonds is 1. The summed E-state index contributed by atoms with van der Waals surface area (Å²) in [4.78, 5) is 7.08. The number of fused-ring (bicyclic) bond motifs is 1. The molecule has 3 rings (SSSR count). The van der Waals surface area contributed by atoms with Gasteiger partial charge in [0.05, 0.1) is 0 Å². The van der Waals surface area contributed by atoms with Gasteiger partial charge in [0.1, 0.15) is 0 Å². The van der Waals surface area contributed by atoms with Crippen LogP contribution in [0.1, 0.15) is 33.1 Å². The summed E-state index contributed by atoms with van der Waals surface area (Å²) in [6.07, 6.45) is 4.08. The third kappa shape index (κ3) is 1.14. The highest BCUT2D eigenvalue weighted by molar-refractivity contribution is 5.83. The summed E-state index contributed by atoms with van der Waals surface area (Å²) in [7, 11) is 0. The molecule has 2 heterocycles. The van der Waals surface area contributed by atoms with E-state index in [0.717, 1.165) is 19.1 Å². The number of aliphatic imine (C=N–C) groups is 1. The molecule has 1 N–H and O–H groups in total. The van der Waals surface area contributed by atoms with E-state index < -0.39 is 0 Å². The summed E-state index contributed by atoms with van der Waals surface area (Å²) in [5, 5.41) is 3.46. The van der Waals surface area contributed by atoms with Gasteiger partial charge in [-0.2, -0.15) is 0 Å². The summed E-state index contributed by atoms with van der Waals surface area (Å²) >= 11 is 0. The van der Waals surface area contributed by atoms with E-state index >= 15 is 0 Å². The van der Waals surface area contributed by atoms with Gasteiger partial charge in [-0.15, -0.1) is 0 Å². The third-order valence-corrected chi connectivity index (χ3v) is 4.00. The predicted molar refractivity (Wildman–Crippen MR) is 57.4 cm³/mol. The van der Waals surface area contributed by atoms with Crippen LogP contribution >= 0.6 is 0 Å². The SMILES string of the molecule is CC1CN2C(=NCCC2C2(C)CC2)N1. The van der Waals surface area contributed by atoms with E-state index in [0.29, 0.717) is 11.5 Å². The molecule has 1 saturated heterocycles. The van der Waals surface area contributed by atoms with E-state index in [1.807, 2.05) is 0 Å². The Balaban J connectivity index is 1.85. The summed E-state index contributed by atoms with van der Waals surface area (Å²) in [6.45, 7) is 6.85. The topological polar surface area (TPSA) is 27.6 Å². The van der Waals surface area contributed by atoms with Crippen molar-refractivity contribution in [2.24, 2.45) is 10.4 Å². The number of hydrogen-bond acceptors (Lipinski definition) is 3. The van der Waals surface area contributed by atoms with Gasteiger partial charge in [0, 0.05) is 25.2 Å². The van der Waals surface area contributed by atoms with Crippen molar-refractivity contribution in [1.82, 2.24) is 10.2 Å². The maximum absolute atomic E-state index is 4.56. The molecule has 0 aromatic rings. The average Bonchev–Trinajstić information content (AvgIpc) is 2.78. The molecule has 1 aliphatic carbocycles. The molecule has 2 fully saturated rings. The normalized spacial score (nSPS) is 38.7. The first-order valence-electron chi connectivity index (χ1n) is 5.77. The van der Waals surface area contributed by atoms with Crippen molar-refractivity contribution >= 4 is 5.96 Å². The van der Waals surface area contributed by atoms with Gasteiger partial charge in [-0.25, -0.2) is 0 Å². The van der Waals surface area contributed by atoms with Gasteiger partial charge in [-0.1, -0.05) is 6.92 Å². The van der Waals surface area contributed by atoms with Gasteiger partial charge >= 0.3 is 0 Å². The van der Waals surface area contributed by atoms with Crippen LogP contribution in [0, 0.1) is 5.41 Å². The van der Waals surface area contributed by atoms with Gasteiger partial charge in [0.15, 0.2) is 5.96 Å². The molecule has 1 saturated carbocycles. The predicted octanol–water partition coefficient (Wildman–Crippen LogP) is 1.21. The zero-order valence-electron chi connectivity index (χ0n) is 9.08. The van der Waals surface area contributed by atoms with Crippen molar-refractivity contribution in [3.8, 4) is 0 Å². The van der Waals surface area contributed by atoms with Crippen molar-refractivity contribution in [3.63, 3.8) is 0 Å². The highest BCUT2D eigenvalue weighted by atomic mass is 15.4. The zero-order chi connectivity index (χ0) is 9.76. The molecule has 2 aliphatic heterocycles. The van der Waals surface area contributed by atoms with Gasteiger partial charge in [0.25, 0.3) is 0 Å². The lowest BCUT2D eigenvalue weighted by Crippen LogP contribution is -2.46. The number of nitrogens with one attached hydrogen (secondary N) is 1. The van der Waals surface area contributed by atoms with E-state index in [4.69, 9.17) is 0 Å². The van der Waals surface area contributed by atoms with Gasteiger partial charge in [-0.3, -0.25) is 4.99 Å². The van der Waals surface area contributed by atoms with Crippen LogP contribution in [0.4, 0.5) is 0 Å². The molecule has 3 aliphatic rings. The average molecular weight is 193 g/mol. The highest BCUT2D eigenvalue weighted by Crippen LogP contribution is 2.51. The largest absolute Gasteiger partial charge is 0.352 e. The Bertz CT molecular complexity index is 280. The first-order valence-corrected chi connectivity index (χ1v) is 5.77. The maximum Gasteiger partial charge on any atom is 0.194 e. The van der Waals surface area contributed by atoms with Crippen molar-refractivity contribution in [2.45, 2.75) is 45.2 Å². The molecule has 14 heavy (non-hydrogen) atoms. The first-order chi connectivity index (χ1) is 6.69. The fraction of sp³-hybridized carbons (Fsp3) is 0.909. The molecule has 0 aromatic heterocycles. The van der Waals surface area contributed by atoms with Crippen LogP contribution in [0.5, 0.6) is 0 Å². The molecule has 0 bridgehead atoms. The standard InChI is InChI=1S/C11H19N3/c1-8-7-14-9(11(2)4-5-11)3-6-12-10(14)13-8/h8-9H,3-7H2,1-2H3,(H,12,13). The molecule has 2 unspecified atom stereocenters. The second-order valence-corrected chi connectivity index (χ2v) is 5.36. The highest BCUT2D eigenvalue weighted by Gasteiger charge is 2.50. The van der Waals surface area contributed by atoms with Crippen LogP contribution in [-0.2, 0) is 0 Å². The quantitative estimate of drug-likeness (QED) is 0.678. The molecule has 2 atom stereocenters. The van der Waals surface area contributed by atoms with E-state index in [2.05, 4.69) is 29.1 Å². The minimum Gasteiger partial charge on any atom is -0.352 e. The lowest BCUT2D eigenvalue weighted by atomic mass is 9.93. The molecular weight excluding hydrogens is 174 g/mol. The molecule has 3 heteroatoms. The molecule has 0 radical (unpaired) electrons. The molecule has 0 spiro atoms. The van der Waals surface area contributed by atoms with Crippen molar-refractivity contribution < 1.29 is 0 Å². The summed E-state index contributed by atoms with van der Waals surface area (Å²) in [5.41, 5.74) is 0.604. The Morgan fingerprint density at radius 2 is 2.29 bits per heavy atom. The Labute approximate surface area is 85.6 Å². The third-order valence-electron chi connectivity index (χ3n) is 4.00. The molecule has 0 aromatic carbocycles. The van der Waals surface area contributed by atoms with Gasteiger partial charge in [-0.05, 0) is 31.6 Å². The van der Waals surface area contributed by atoms with Crippen molar-refractivity contribution in [3.05, 3.63) is 0 Å². The van der Waals surface area contributed by atoms with E-state index in [1.165, 1.54) is 25.2 Å². The summed E-state index contributed by atoms with van der Waals surface area (Å²) in [5.74, 6) is 1.17. The maximum atomic E-state index is 4.56. The lowest BCUT2D eigenvalue weighted by molar-refractivity contribution is 0.210. The molecular formula is C11H19N3. The Hall–Kier alpha value is -0.730. The van der Waals surface area contributed by atoms with E-state index in [1.54, 1.807) is 0 Å². The fourth-order valence-corrected chi connectivity index (χ4v) is 2.85. The Morgan fingerprint density at radius 1 is 1.50 bits per heavy atom. The van der Waals surface area contributed by atoms with Crippen LogP contribution in [-0.4, -0.2) is 36.0 Å². The first kappa shape index (κ1) is 8.57.